The van der Waals surface area contributed by atoms with Gasteiger partial charge in [-0.15, -0.1) is 0 Å². The minimum absolute atomic E-state index is 0.121. The average Bonchev–Trinajstić information content (AvgIpc) is 2.70. The van der Waals surface area contributed by atoms with Crippen LogP contribution >= 0.6 is 0 Å². The van der Waals surface area contributed by atoms with E-state index in [0.717, 1.165) is 0 Å². The van der Waals surface area contributed by atoms with E-state index in [4.69, 9.17) is 4.74 Å². The fraction of sp³-hybridized carbons (Fsp3) is 0.545. The normalized spacial score (nSPS) is 13.8. The fourth-order valence-corrected chi connectivity index (χ4v) is 2.66. The number of alkyl carbamates (subject to hydrolysis) is 1. The van der Waals surface area contributed by atoms with E-state index in [2.05, 4.69) is 21.3 Å². The zero-order chi connectivity index (χ0) is 26.2. The first-order chi connectivity index (χ1) is 15.6. The van der Waals surface area contributed by atoms with Crippen LogP contribution in [0.3, 0.4) is 0 Å². The number of nitrogens with one attached hydrogen (secondary N) is 4. The third kappa shape index (κ3) is 9.43. The number of nitro groups is 1. The Morgan fingerprint density at radius 2 is 1.35 bits per heavy atom. The van der Waals surface area contributed by atoms with Gasteiger partial charge in [-0.1, -0.05) is 13.8 Å². The van der Waals surface area contributed by atoms with Crippen molar-refractivity contribution in [3.05, 3.63) is 34.4 Å². The van der Waals surface area contributed by atoms with Crippen LogP contribution < -0.4 is 21.3 Å². The van der Waals surface area contributed by atoms with Gasteiger partial charge in [0.1, 0.15) is 23.7 Å². The van der Waals surface area contributed by atoms with E-state index in [1.807, 2.05) is 0 Å². The second kappa shape index (κ2) is 12.0. The minimum atomic E-state index is -0.996. The lowest BCUT2D eigenvalue weighted by atomic mass is 10.0. The molecule has 12 heteroatoms. The molecule has 1 aromatic carbocycles. The number of nitrogens with zero attached hydrogens (tertiary/aromatic N) is 1. The monoisotopic (exact) mass is 479 g/mol. The molecule has 0 spiro atoms. The number of benzene rings is 1. The van der Waals surface area contributed by atoms with Crippen LogP contribution in [0, 0.1) is 16.0 Å². The highest BCUT2D eigenvalue weighted by Gasteiger charge is 2.29. The molecule has 12 nitrogen and oxygen atoms in total. The lowest BCUT2D eigenvalue weighted by molar-refractivity contribution is -0.384. The van der Waals surface area contributed by atoms with Gasteiger partial charge in [0, 0.05) is 17.8 Å². The Hall–Kier alpha value is -3.70. The van der Waals surface area contributed by atoms with Crippen LogP contribution in [0.4, 0.5) is 16.2 Å². The summed E-state index contributed by atoms with van der Waals surface area (Å²) in [6.07, 6.45) is -0.755. The van der Waals surface area contributed by atoms with Crippen molar-refractivity contribution in [3.8, 4) is 0 Å². The van der Waals surface area contributed by atoms with Crippen molar-refractivity contribution in [2.75, 3.05) is 5.32 Å². The SMILES string of the molecule is CC(C)[C@H](NC(=O)OC(C)(C)C)C(=O)N[C@@H](C)C(=O)N[C@@H](C)C(=O)Nc1ccc([N+](=O)[O-])cc1. The molecule has 1 rings (SSSR count). The summed E-state index contributed by atoms with van der Waals surface area (Å²) in [5, 5.41) is 20.8. The number of amides is 4. The third-order valence-electron chi connectivity index (χ3n) is 4.47. The molecule has 0 aliphatic heterocycles. The number of hydrogen-bond acceptors (Lipinski definition) is 7. The highest BCUT2D eigenvalue weighted by Crippen LogP contribution is 2.15. The molecule has 0 bridgehead atoms. The first-order valence-corrected chi connectivity index (χ1v) is 10.8. The van der Waals surface area contributed by atoms with Gasteiger partial charge in [-0.2, -0.15) is 0 Å². The zero-order valence-electron chi connectivity index (χ0n) is 20.4. The van der Waals surface area contributed by atoms with Gasteiger partial charge < -0.3 is 26.0 Å². The number of nitro benzene ring substituents is 1. The van der Waals surface area contributed by atoms with Crippen molar-refractivity contribution in [3.63, 3.8) is 0 Å². The average molecular weight is 480 g/mol. The predicted octanol–water partition coefficient (Wildman–Crippen LogP) is 2.09. The van der Waals surface area contributed by atoms with Crippen LogP contribution in [0.25, 0.3) is 0 Å². The number of rotatable bonds is 9. The first-order valence-electron chi connectivity index (χ1n) is 10.8. The van der Waals surface area contributed by atoms with Gasteiger partial charge in [0.2, 0.25) is 17.7 Å². The minimum Gasteiger partial charge on any atom is -0.444 e. The van der Waals surface area contributed by atoms with Crippen molar-refractivity contribution >= 4 is 35.2 Å². The number of ether oxygens (including phenoxy) is 1. The Kier molecular flexibility index (Phi) is 9.96. The Bertz CT molecular complexity index is 909. The Balaban J connectivity index is 2.65. The van der Waals surface area contributed by atoms with Gasteiger partial charge in [-0.3, -0.25) is 24.5 Å². The van der Waals surface area contributed by atoms with Crippen molar-refractivity contribution in [2.24, 2.45) is 5.92 Å². The van der Waals surface area contributed by atoms with E-state index in [1.54, 1.807) is 34.6 Å². The van der Waals surface area contributed by atoms with Crippen molar-refractivity contribution in [1.29, 1.82) is 0 Å². The summed E-state index contributed by atoms with van der Waals surface area (Å²) in [6.45, 7) is 11.5. The molecule has 0 unspecified atom stereocenters. The van der Waals surface area contributed by atoms with Gasteiger partial charge in [-0.05, 0) is 52.7 Å². The molecule has 0 heterocycles. The molecule has 0 aliphatic carbocycles. The van der Waals surface area contributed by atoms with Crippen LogP contribution in [0.1, 0.15) is 48.5 Å². The molecule has 1 aromatic rings. The van der Waals surface area contributed by atoms with Crippen molar-refractivity contribution in [2.45, 2.75) is 72.2 Å². The van der Waals surface area contributed by atoms with Crippen LogP contribution in [0.2, 0.25) is 0 Å². The highest BCUT2D eigenvalue weighted by molar-refractivity contribution is 5.98. The molecule has 188 valence electrons. The van der Waals surface area contributed by atoms with Crippen LogP contribution in [-0.4, -0.2) is 52.5 Å². The molecule has 3 atom stereocenters. The lowest BCUT2D eigenvalue weighted by Crippen LogP contribution is -2.56. The van der Waals surface area contributed by atoms with E-state index in [-0.39, 0.29) is 11.6 Å². The van der Waals surface area contributed by atoms with Crippen molar-refractivity contribution < 1.29 is 28.8 Å². The Labute approximate surface area is 198 Å². The van der Waals surface area contributed by atoms with Gasteiger partial charge in [-0.25, -0.2) is 4.79 Å². The summed E-state index contributed by atoms with van der Waals surface area (Å²) in [6, 6.07) is 2.34. The maximum absolute atomic E-state index is 12.6. The molecule has 0 aliphatic rings. The fourth-order valence-electron chi connectivity index (χ4n) is 2.66. The summed E-state index contributed by atoms with van der Waals surface area (Å²) < 4.78 is 5.18. The smallest absolute Gasteiger partial charge is 0.408 e. The van der Waals surface area contributed by atoms with E-state index in [0.29, 0.717) is 5.69 Å². The Morgan fingerprint density at radius 3 is 1.82 bits per heavy atom. The standard InChI is InChI=1S/C22H33N5O7/c1-12(2)17(26-21(31)34-22(5,6)7)20(30)24-13(3)18(28)23-14(4)19(29)25-15-8-10-16(11-9-15)27(32)33/h8-14,17H,1-7H3,(H,23,28)(H,24,30)(H,25,29)(H,26,31)/t13-,14-,17-/m0/s1. The van der Waals surface area contributed by atoms with Crippen LogP contribution in [0.15, 0.2) is 24.3 Å². The van der Waals surface area contributed by atoms with E-state index in [1.165, 1.54) is 38.1 Å². The second-order valence-electron chi connectivity index (χ2n) is 9.12. The van der Waals surface area contributed by atoms with Gasteiger partial charge in [0.15, 0.2) is 0 Å². The molecular weight excluding hydrogens is 446 g/mol. The summed E-state index contributed by atoms with van der Waals surface area (Å²) in [4.78, 5) is 59.7. The van der Waals surface area contributed by atoms with Gasteiger partial charge in [0.05, 0.1) is 4.92 Å². The molecule has 0 fully saturated rings. The predicted molar refractivity (Wildman–Crippen MR) is 125 cm³/mol. The number of anilines is 1. The van der Waals surface area contributed by atoms with E-state index < -0.39 is 52.5 Å². The Morgan fingerprint density at radius 1 is 0.853 bits per heavy atom. The first kappa shape index (κ1) is 28.3. The molecule has 0 saturated carbocycles. The molecule has 0 radical (unpaired) electrons. The lowest BCUT2D eigenvalue weighted by Gasteiger charge is -2.26. The topological polar surface area (TPSA) is 169 Å². The molecule has 4 N–H and O–H groups in total. The molecule has 4 amide bonds. The number of carbonyl (C=O) groups excluding carboxylic acids is 4. The summed E-state index contributed by atoms with van der Waals surface area (Å²) in [5.74, 6) is -2.02. The van der Waals surface area contributed by atoms with E-state index in [9.17, 15) is 29.3 Å². The molecule has 34 heavy (non-hydrogen) atoms. The summed E-state index contributed by atoms with van der Waals surface area (Å²) >= 11 is 0. The second-order valence-corrected chi connectivity index (χ2v) is 9.12. The largest absolute Gasteiger partial charge is 0.444 e. The summed E-state index contributed by atoms with van der Waals surface area (Å²) in [7, 11) is 0. The maximum atomic E-state index is 12.6. The zero-order valence-corrected chi connectivity index (χ0v) is 20.4. The van der Waals surface area contributed by atoms with Gasteiger partial charge >= 0.3 is 6.09 Å². The van der Waals surface area contributed by atoms with Gasteiger partial charge in [0.25, 0.3) is 5.69 Å². The molecule has 0 aromatic heterocycles. The van der Waals surface area contributed by atoms with Crippen LogP contribution in [0.5, 0.6) is 0 Å². The maximum Gasteiger partial charge on any atom is 0.408 e. The number of carbonyl (C=O) groups is 4. The highest BCUT2D eigenvalue weighted by atomic mass is 16.6. The molecule has 0 saturated heterocycles. The third-order valence-corrected chi connectivity index (χ3v) is 4.47. The van der Waals surface area contributed by atoms with Crippen molar-refractivity contribution in [1.82, 2.24) is 16.0 Å². The summed E-state index contributed by atoms with van der Waals surface area (Å²) in [5.41, 5.74) is -0.531. The number of hydrogen-bond donors (Lipinski definition) is 4. The molecular formula is C22H33N5O7. The van der Waals surface area contributed by atoms with E-state index >= 15 is 0 Å². The number of non-ortho nitro benzene ring substituents is 1. The van der Waals surface area contributed by atoms with Crippen LogP contribution in [-0.2, 0) is 19.1 Å². The quantitative estimate of drug-likeness (QED) is 0.310.